The number of likely N-dealkylation sites (tertiary alicyclic amines) is 1. The first-order valence-electron chi connectivity index (χ1n) is 9.39. The Kier molecular flexibility index (Phi) is 4.60. The number of amides is 1. The molecule has 1 saturated heterocycles. The third-order valence-electron chi connectivity index (χ3n) is 5.82. The molecule has 2 aromatic rings. The van der Waals surface area contributed by atoms with Crippen molar-refractivity contribution in [2.75, 3.05) is 19.7 Å². The Morgan fingerprint density at radius 1 is 1.07 bits per heavy atom. The van der Waals surface area contributed by atoms with Crippen LogP contribution in [0, 0.1) is 11.8 Å². The number of carboxylic acids is 1. The molecular weight excluding hydrogens is 342 g/mol. The minimum absolute atomic E-state index is 0.0373. The van der Waals surface area contributed by atoms with E-state index in [4.69, 9.17) is 4.74 Å². The van der Waals surface area contributed by atoms with Gasteiger partial charge >= 0.3 is 12.1 Å². The summed E-state index contributed by atoms with van der Waals surface area (Å²) in [4.78, 5) is 25.4. The molecule has 4 rings (SSSR count). The summed E-state index contributed by atoms with van der Waals surface area (Å²) in [5.74, 6) is -1.20. The number of rotatable bonds is 3. The van der Waals surface area contributed by atoms with E-state index in [0.717, 1.165) is 0 Å². The monoisotopic (exact) mass is 365 g/mol. The highest BCUT2D eigenvalue weighted by molar-refractivity contribution is 5.79. The molecule has 5 nitrogen and oxygen atoms in total. The maximum Gasteiger partial charge on any atom is 0.409 e. The van der Waals surface area contributed by atoms with E-state index in [-0.39, 0.29) is 23.8 Å². The summed E-state index contributed by atoms with van der Waals surface area (Å²) in [5, 5.41) is 9.23. The molecule has 1 amide bonds. The number of aliphatic carboxylic acids is 1. The van der Waals surface area contributed by atoms with Gasteiger partial charge in [0, 0.05) is 19.0 Å². The number of carbonyl (C=O) groups excluding carboxylic acids is 1. The Morgan fingerprint density at radius 3 is 2.22 bits per heavy atom. The molecule has 0 radical (unpaired) electrons. The lowest BCUT2D eigenvalue weighted by atomic mass is 9.87. The number of ether oxygens (including phenoxy) is 1. The first-order valence-corrected chi connectivity index (χ1v) is 9.39. The zero-order chi connectivity index (χ0) is 19.0. The number of carbonyl (C=O) groups is 2. The fraction of sp³-hybridized carbons (Fsp3) is 0.364. The van der Waals surface area contributed by atoms with E-state index in [9.17, 15) is 14.7 Å². The average molecular weight is 365 g/mol. The fourth-order valence-corrected chi connectivity index (χ4v) is 4.36. The normalized spacial score (nSPS) is 21.4. The standard InChI is InChI=1S/C22H23NO4/c1-14-12-23(11-10-15(14)21(24)25)22(26)27-13-20-18-8-4-2-6-16(18)17-7-3-5-9-19(17)20/h2-9,14-15,20H,10-13H2,1H3,(H,24,25)/t14-,15+/m0/s1. The number of nitrogens with zero attached hydrogens (tertiary/aromatic N) is 1. The van der Waals surface area contributed by atoms with Gasteiger partial charge in [-0.05, 0) is 34.6 Å². The van der Waals surface area contributed by atoms with Crippen LogP contribution in [0.4, 0.5) is 4.79 Å². The maximum absolute atomic E-state index is 12.6. The van der Waals surface area contributed by atoms with Gasteiger partial charge in [-0.25, -0.2) is 4.79 Å². The van der Waals surface area contributed by atoms with Crippen molar-refractivity contribution in [3.63, 3.8) is 0 Å². The van der Waals surface area contributed by atoms with Crippen molar-refractivity contribution in [1.82, 2.24) is 4.90 Å². The van der Waals surface area contributed by atoms with Crippen molar-refractivity contribution in [3.8, 4) is 11.1 Å². The molecule has 27 heavy (non-hydrogen) atoms. The van der Waals surface area contributed by atoms with E-state index in [0.29, 0.717) is 26.1 Å². The topological polar surface area (TPSA) is 66.8 Å². The van der Waals surface area contributed by atoms with Gasteiger partial charge in [0.2, 0.25) is 0 Å². The number of hydrogen-bond donors (Lipinski definition) is 1. The van der Waals surface area contributed by atoms with Crippen molar-refractivity contribution in [2.45, 2.75) is 19.3 Å². The second kappa shape index (κ2) is 7.06. The summed E-state index contributed by atoms with van der Waals surface area (Å²) in [6.07, 6.45) is 0.119. The van der Waals surface area contributed by atoms with Crippen molar-refractivity contribution in [1.29, 1.82) is 0 Å². The first kappa shape index (κ1) is 17.6. The van der Waals surface area contributed by atoms with Crippen LogP contribution in [0.25, 0.3) is 11.1 Å². The molecule has 0 spiro atoms. The molecule has 0 saturated carbocycles. The molecule has 1 aliphatic carbocycles. The predicted molar refractivity (Wildman–Crippen MR) is 102 cm³/mol. The molecule has 0 aromatic heterocycles. The second-order valence-electron chi connectivity index (χ2n) is 7.46. The highest BCUT2D eigenvalue weighted by Gasteiger charge is 2.34. The van der Waals surface area contributed by atoms with Crippen molar-refractivity contribution < 1.29 is 19.4 Å². The molecule has 0 unspecified atom stereocenters. The zero-order valence-corrected chi connectivity index (χ0v) is 15.3. The summed E-state index contributed by atoms with van der Waals surface area (Å²) in [5.41, 5.74) is 4.77. The van der Waals surface area contributed by atoms with E-state index in [1.165, 1.54) is 22.3 Å². The Morgan fingerprint density at radius 2 is 1.67 bits per heavy atom. The summed E-state index contributed by atoms with van der Waals surface area (Å²) in [6.45, 7) is 3.02. The van der Waals surface area contributed by atoms with Crippen LogP contribution >= 0.6 is 0 Å². The van der Waals surface area contributed by atoms with Gasteiger partial charge in [-0.15, -0.1) is 0 Å². The van der Waals surface area contributed by atoms with Crippen LogP contribution in [-0.4, -0.2) is 41.8 Å². The number of piperidine rings is 1. The molecule has 140 valence electrons. The van der Waals surface area contributed by atoms with Gasteiger partial charge in [0.05, 0.1) is 5.92 Å². The summed E-state index contributed by atoms with van der Waals surface area (Å²) in [7, 11) is 0. The van der Waals surface area contributed by atoms with Gasteiger partial charge in [0.1, 0.15) is 6.61 Å². The third kappa shape index (κ3) is 3.18. The quantitative estimate of drug-likeness (QED) is 0.893. The van der Waals surface area contributed by atoms with E-state index in [1.807, 2.05) is 31.2 Å². The van der Waals surface area contributed by atoms with E-state index < -0.39 is 5.97 Å². The maximum atomic E-state index is 12.6. The molecule has 1 N–H and O–H groups in total. The van der Waals surface area contributed by atoms with Crippen LogP contribution in [0.1, 0.15) is 30.4 Å². The minimum atomic E-state index is -0.783. The van der Waals surface area contributed by atoms with Gasteiger partial charge < -0.3 is 14.7 Å². The molecule has 0 bridgehead atoms. The molecular formula is C22H23NO4. The van der Waals surface area contributed by atoms with E-state index in [1.54, 1.807) is 4.90 Å². The van der Waals surface area contributed by atoms with Crippen molar-refractivity contribution in [2.24, 2.45) is 11.8 Å². The molecule has 1 fully saturated rings. The minimum Gasteiger partial charge on any atom is -0.481 e. The lowest BCUT2D eigenvalue weighted by molar-refractivity contribution is -0.145. The molecule has 5 heteroatoms. The van der Waals surface area contributed by atoms with Crippen LogP contribution in [0.3, 0.4) is 0 Å². The lowest BCUT2D eigenvalue weighted by Crippen LogP contribution is -2.45. The Balaban J connectivity index is 1.45. The first-order chi connectivity index (χ1) is 13.1. The molecule has 1 heterocycles. The lowest BCUT2D eigenvalue weighted by Gasteiger charge is -2.34. The number of hydrogen-bond acceptors (Lipinski definition) is 3. The highest BCUT2D eigenvalue weighted by Crippen LogP contribution is 2.44. The average Bonchev–Trinajstić information content (AvgIpc) is 2.99. The largest absolute Gasteiger partial charge is 0.481 e. The Hall–Kier alpha value is -2.82. The SMILES string of the molecule is C[C@H]1CN(C(=O)OCC2c3ccccc3-c3ccccc32)CC[C@H]1C(=O)O. The van der Waals surface area contributed by atoms with E-state index in [2.05, 4.69) is 24.3 Å². The van der Waals surface area contributed by atoms with Gasteiger partial charge in [-0.2, -0.15) is 0 Å². The van der Waals surface area contributed by atoms with Gasteiger partial charge in [0.15, 0.2) is 0 Å². The van der Waals surface area contributed by atoms with Crippen LogP contribution in [0.15, 0.2) is 48.5 Å². The van der Waals surface area contributed by atoms with Gasteiger partial charge in [0.25, 0.3) is 0 Å². The Bertz CT molecular complexity index is 833. The summed E-state index contributed by atoms with van der Waals surface area (Å²) < 4.78 is 5.66. The third-order valence-corrected chi connectivity index (χ3v) is 5.82. The number of fused-ring (bicyclic) bond motifs is 3. The summed E-state index contributed by atoms with van der Waals surface area (Å²) >= 11 is 0. The fourth-order valence-electron chi connectivity index (χ4n) is 4.36. The smallest absolute Gasteiger partial charge is 0.409 e. The van der Waals surface area contributed by atoms with Crippen LogP contribution in [0.2, 0.25) is 0 Å². The van der Waals surface area contributed by atoms with E-state index >= 15 is 0 Å². The van der Waals surface area contributed by atoms with Crippen LogP contribution < -0.4 is 0 Å². The van der Waals surface area contributed by atoms with Crippen LogP contribution in [-0.2, 0) is 9.53 Å². The summed E-state index contributed by atoms with van der Waals surface area (Å²) in [6, 6.07) is 16.5. The van der Waals surface area contributed by atoms with Gasteiger partial charge in [-0.3, -0.25) is 4.79 Å². The van der Waals surface area contributed by atoms with Crippen molar-refractivity contribution >= 4 is 12.1 Å². The molecule has 2 atom stereocenters. The second-order valence-corrected chi connectivity index (χ2v) is 7.46. The number of benzene rings is 2. The van der Waals surface area contributed by atoms with Crippen molar-refractivity contribution in [3.05, 3.63) is 59.7 Å². The molecule has 2 aliphatic rings. The zero-order valence-electron chi connectivity index (χ0n) is 15.3. The highest BCUT2D eigenvalue weighted by atomic mass is 16.6. The predicted octanol–water partition coefficient (Wildman–Crippen LogP) is 3.98. The Labute approximate surface area is 158 Å². The molecule has 1 aliphatic heterocycles. The van der Waals surface area contributed by atoms with Crippen LogP contribution in [0.5, 0.6) is 0 Å². The van der Waals surface area contributed by atoms with Gasteiger partial charge in [-0.1, -0.05) is 55.5 Å². The molecule has 2 aromatic carbocycles. The number of carboxylic acid groups (broad SMARTS) is 1.